The molecule has 2 aromatic carbocycles. The smallest absolute Gasteiger partial charge is 0.236 e. The van der Waals surface area contributed by atoms with Crippen LogP contribution in [0, 0.1) is 20.8 Å². The summed E-state index contributed by atoms with van der Waals surface area (Å²) in [6.07, 6.45) is 3.99. The molecule has 1 atom stereocenters. The predicted octanol–water partition coefficient (Wildman–Crippen LogP) is 7.09. The molecule has 0 amide bonds. The van der Waals surface area contributed by atoms with Gasteiger partial charge in [0.15, 0.2) is 0 Å². The standard InChI is InChI=1S/C27H35O5P/c1-6-31-22-14-11-15-23(32-7-2)25(22)27(29)33(30,21-12-9-8-10-13-21)26(28)24-19(4)16-18(3)17-20(24)5/h11,14-17,21H,6-10,12-13H2,1-5H3. The van der Waals surface area contributed by atoms with E-state index in [9.17, 15) is 14.2 Å². The molecule has 3 rings (SSSR count). The number of ether oxygens (including phenoxy) is 2. The van der Waals surface area contributed by atoms with Gasteiger partial charge in [-0.1, -0.05) is 43.0 Å². The first kappa shape index (κ1) is 25.2. The van der Waals surface area contributed by atoms with Crippen LogP contribution >= 0.6 is 7.14 Å². The summed E-state index contributed by atoms with van der Waals surface area (Å²) in [5.74, 6) is 0.629. The monoisotopic (exact) mass is 470 g/mol. The number of aryl methyl sites for hydroxylation is 3. The molecule has 0 saturated heterocycles. The van der Waals surface area contributed by atoms with E-state index in [-0.39, 0.29) is 5.56 Å². The van der Waals surface area contributed by atoms with Crippen LogP contribution in [-0.2, 0) is 4.57 Å². The van der Waals surface area contributed by atoms with Crippen molar-refractivity contribution in [3.63, 3.8) is 0 Å². The Balaban J connectivity index is 2.24. The molecule has 0 N–H and O–H groups in total. The summed E-state index contributed by atoms with van der Waals surface area (Å²) in [5.41, 5.74) is 1.46. The molecule has 1 aliphatic carbocycles. The van der Waals surface area contributed by atoms with Gasteiger partial charge in [-0.25, -0.2) is 0 Å². The molecule has 1 saturated carbocycles. The molecule has 0 radical (unpaired) electrons. The lowest BCUT2D eigenvalue weighted by Gasteiger charge is -2.30. The van der Waals surface area contributed by atoms with Gasteiger partial charge in [-0.05, 0) is 70.7 Å². The fourth-order valence-electron chi connectivity index (χ4n) is 4.99. The third-order valence-electron chi connectivity index (χ3n) is 6.38. The molecule has 0 aromatic heterocycles. The normalized spacial score (nSPS) is 16.2. The molecule has 0 bridgehead atoms. The quantitative estimate of drug-likeness (QED) is 0.366. The first-order valence-electron chi connectivity index (χ1n) is 11.9. The number of hydrogen-bond donors (Lipinski definition) is 0. The average molecular weight is 471 g/mol. The van der Waals surface area contributed by atoms with E-state index in [2.05, 4.69) is 0 Å². The highest BCUT2D eigenvalue weighted by Gasteiger charge is 2.50. The van der Waals surface area contributed by atoms with Crippen LogP contribution in [-0.4, -0.2) is 29.9 Å². The van der Waals surface area contributed by atoms with Crippen molar-refractivity contribution in [1.82, 2.24) is 0 Å². The lowest BCUT2D eigenvalue weighted by atomic mass is 10.0. The van der Waals surface area contributed by atoms with Crippen molar-refractivity contribution in [1.29, 1.82) is 0 Å². The van der Waals surface area contributed by atoms with Crippen LogP contribution in [0.15, 0.2) is 30.3 Å². The predicted molar refractivity (Wildman–Crippen MR) is 133 cm³/mol. The van der Waals surface area contributed by atoms with Gasteiger partial charge in [-0.3, -0.25) is 9.59 Å². The van der Waals surface area contributed by atoms with Gasteiger partial charge in [-0.15, -0.1) is 0 Å². The van der Waals surface area contributed by atoms with Gasteiger partial charge in [0.1, 0.15) is 17.1 Å². The zero-order chi connectivity index (χ0) is 24.2. The van der Waals surface area contributed by atoms with E-state index in [4.69, 9.17) is 9.47 Å². The van der Waals surface area contributed by atoms with Crippen LogP contribution in [0.4, 0.5) is 0 Å². The van der Waals surface area contributed by atoms with Crippen molar-refractivity contribution in [3.05, 3.63) is 58.1 Å². The summed E-state index contributed by atoms with van der Waals surface area (Å²) >= 11 is 0. The Labute approximate surface area is 197 Å². The van der Waals surface area contributed by atoms with E-state index in [0.29, 0.717) is 43.1 Å². The Bertz CT molecular complexity index is 1030. The molecule has 2 aromatic rings. The minimum atomic E-state index is -4.03. The van der Waals surface area contributed by atoms with Gasteiger partial charge in [-0.2, -0.15) is 0 Å². The first-order chi connectivity index (χ1) is 15.7. The van der Waals surface area contributed by atoms with Crippen LogP contribution in [0.25, 0.3) is 0 Å². The highest BCUT2D eigenvalue weighted by atomic mass is 31.2. The van der Waals surface area contributed by atoms with E-state index < -0.39 is 23.8 Å². The van der Waals surface area contributed by atoms with Crippen molar-refractivity contribution >= 4 is 18.2 Å². The molecule has 0 spiro atoms. The van der Waals surface area contributed by atoms with Gasteiger partial charge >= 0.3 is 0 Å². The second kappa shape index (κ2) is 10.7. The Kier molecular flexibility index (Phi) is 8.18. The van der Waals surface area contributed by atoms with Crippen LogP contribution in [0.5, 0.6) is 11.5 Å². The fourth-order valence-corrected chi connectivity index (χ4v) is 8.17. The Morgan fingerprint density at radius 2 is 1.33 bits per heavy atom. The summed E-state index contributed by atoms with van der Waals surface area (Å²) in [6, 6.07) is 8.92. The van der Waals surface area contributed by atoms with Crippen molar-refractivity contribution in [2.24, 2.45) is 0 Å². The molecule has 1 aliphatic rings. The summed E-state index contributed by atoms with van der Waals surface area (Å²) in [5, 5.41) is 0. The van der Waals surface area contributed by atoms with Crippen LogP contribution in [0.2, 0.25) is 0 Å². The zero-order valence-electron chi connectivity index (χ0n) is 20.4. The molecule has 33 heavy (non-hydrogen) atoms. The van der Waals surface area contributed by atoms with E-state index in [1.54, 1.807) is 18.2 Å². The van der Waals surface area contributed by atoms with Gasteiger partial charge < -0.3 is 14.0 Å². The number of hydrogen-bond acceptors (Lipinski definition) is 5. The molecule has 1 unspecified atom stereocenters. The van der Waals surface area contributed by atoms with Crippen LogP contribution < -0.4 is 9.47 Å². The van der Waals surface area contributed by atoms with E-state index in [1.165, 1.54) is 0 Å². The van der Waals surface area contributed by atoms with Gasteiger partial charge in [0.25, 0.3) is 0 Å². The topological polar surface area (TPSA) is 69.7 Å². The Hall–Kier alpha value is -2.39. The number of carbonyl (C=O) groups is 2. The minimum Gasteiger partial charge on any atom is -0.493 e. The molecular weight excluding hydrogens is 435 g/mol. The van der Waals surface area contributed by atoms with Crippen molar-refractivity contribution < 1.29 is 23.6 Å². The third-order valence-corrected chi connectivity index (χ3v) is 9.58. The largest absolute Gasteiger partial charge is 0.493 e. The molecule has 6 heteroatoms. The highest BCUT2D eigenvalue weighted by Crippen LogP contribution is 2.62. The van der Waals surface area contributed by atoms with E-state index in [1.807, 2.05) is 46.8 Å². The molecule has 5 nitrogen and oxygen atoms in total. The maximum atomic E-state index is 14.9. The first-order valence-corrected chi connectivity index (χ1v) is 13.7. The summed E-state index contributed by atoms with van der Waals surface area (Å²) in [7, 11) is -4.03. The van der Waals surface area contributed by atoms with Crippen molar-refractivity contribution in [3.8, 4) is 11.5 Å². The molecule has 0 aliphatic heterocycles. The molecule has 1 fully saturated rings. The Morgan fingerprint density at radius 3 is 1.82 bits per heavy atom. The fraction of sp³-hybridized carbons (Fsp3) is 0.481. The van der Waals surface area contributed by atoms with Gasteiger partial charge in [0, 0.05) is 11.2 Å². The summed E-state index contributed by atoms with van der Waals surface area (Å²) in [4.78, 5) is 28.3. The highest BCUT2D eigenvalue weighted by molar-refractivity contribution is 7.96. The number of rotatable bonds is 9. The molecule has 178 valence electrons. The third kappa shape index (κ3) is 4.94. The minimum absolute atomic E-state index is 0.130. The second-order valence-electron chi connectivity index (χ2n) is 8.83. The summed E-state index contributed by atoms with van der Waals surface area (Å²) < 4.78 is 26.3. The molecular formula is C27H35O5P. The van der Waals surface area contributed by atoms with E-state index >= 15 is 0 Å². The molecule has 0 heterocycles. The SMILES string of the molecule is CCOc1cccc(OCC)c1C(=O)P(=O)(C(=O)c1c(C)cc(C)cc1C)C1CCCCC1. The lowest BCUT2D eigenvalue weighted by molar-refractivity contribution is 0.103. The maximum Gasteiger partial charge on any atom is 0.236 e. The zero-order valence-corrected chi connectivity index (χ0v) is 21.3. The van der Waals surface area contributed by atoms with Crippen molar-refractivity contribution in [2.75, 3.05) is 13.2 Å². The van der Waals surface area contributed by atoms with Crippen LogP contribution in [0.1, 0.15) is 83.4 Å². The number of benzene rings is 2. The van der Waals surface area contributed by atoms with Gasteiger partial charge in [0.05, 0.1) is 13.2 Å². The lowest BCUT2D eigenvalue weighted by Crippen LogP contribution is -2.25. The average Bonchev–Trinajstić information content (AvgIpc) is 2.78. The van der Waals surface area contributed by atoms with E-state index in [0.717, 1.165) is 36.0 Å². The maximum absolute atomic E-state index is 14.9. The second-order valence-corrected chi connectivity index (χ2v) is 11.7. The van der Waals surface area contributed by atoms with Crippen LogP contribution in [0.3, 0.4) is 0 Å². The van der Waals surface area contributed by atoms with Crippen molar-refractivity contribution in [2.45, 2.75) is 72.4 Å². The number of carbonyl (C=O) groups excluding carboxylic acids is 2. The summed E-state index contributed by atoms with van der Waals surface area (Å²) in [6.45, 7) is 10.00. The van der Waals surface area contributed by atoms with Gasteiger partial charge in [0.2, 0.25) is 18.2 Å². The Morgan fingerprint density at radius 1 is 0.848 bits per heavy atom.